The number of methoxy groups -OCH3 is 1. The van der Waals surface area contributed by atoms with Gasteiger partial charge in [-0.1, -0.05) is 23.7 Å². The number of benzene rings is 1. The summed E-state index contributed by atoms with van der Waals surface area (Å²) in [6.45, 7) is 1.44. The van der Waals surface area contributed by atoms with E-state index in [4.69, 9.17) is 16.0 Å². The van der Waals surface area contributed by atoms with Crippen LogP contribution in [0.3, 0.4) is 0 Å². The summed E-state index contributed by atoms with van der Waals surface area (Å²) in [6.07, 6.45) is 1.48. The van der Waals surface area contributed by atoms with Crippen molar-refractivity contribution in [1.29, 1.82) is 0 Å². The SMILES string of the molecule is COC(=O)[C@@H](C)N1C(=O)S/C(=C/c2ccc(-c3cccc(Cl)c3)o2)C1=O. The first kappa shape index (κ1) is 18.3. The standard InChI is InChI=1S/C18H14ClNO5S/c1-10(17(22)24-2)20-16(21)15(26-18(20)23)9-13-6-7-14(25-13)11-4-3-5-12(19)8-11/h3-10H,1-2H3/b15-9+/t10-/m1/s1. The first-order valence-corrected chi connectivity index (χ1v) is 8.81. The molecule has 1 aliphatic heterocycles. The molecule has 0 saturated carbocycles. The fourth-order valence-electron chi connectivity index (χ4n) is 2.45. The van der Waals surface area contributed by atoms with Gasteiger partial charge in [0.25, 0.3) is 11.1 Å². The molecule has 8 heteroatoms. The van der Waals surface area contributed by atoms with Crippen LogP contribution in [0, 0.1) is 0 Å². The van der Waals surface area contributed by atoms with Crippen LogP contribution in [0.25, 0.3) is 17.4 Å². The van der Waals surface area contributed by atoms with Crippen LogP contribution < -0.4 is 0 Å². The quantitative estimate of drug-likeness (QED) is 0.574. The summed E-state index contributed by atoms with van der Waals surface area (Å²) in [5.74, 6) is -0.217. The van der Waals surface area contributed by atoms with E-state index >= 15 is 0 Å². The molecule has 2 heterocycles. The zero-order valence-corrected chi connectivity index (χ0v) is 15.5. The van der Waals surface area contributed by atoms with Gasteiger partial charge in [-0.2, -0.15) is 0 Å². The smallest absolute Gasteiger partial charge is 0.328 e. The molecule has 134 valence electrons. The van der Waals surface area contributed by atoms with Crippen molar-refractivity contribution in [2.75, 3.05) is 7.11 Å². The molecule has 0 aliphatic carbocycles. The summed E-state index contributed by atoms with van der Waals surface area (Å²) in [5, 5.41) is 0.0548. The Hall–Kier alpha value is -2.51. The van der Waals surface area contributed by atoms with Gasteiger partial charge in [0, 0.05) is 16.7 Å². The van der Waals surface area contributed by atoms with Crippen molar-refractivity contribution in [3.05, 3.63) is 52.1 Å². The molecule has 0 radical (unpaired) electrons. The Kier molecular flexibility index (Phi) is 5.20. The van der Waals surface area contributed by atoms with Crippen LogP contribution in [0.1, 0.15) is 12.7 Å². The van der Waals surface area contributed by atoms with Crippen molar-refractivity contribution in [1.82, 2.24) is 4.90 Å². The van der Waals surface area contributed by atoms with Crippen LogP contribution in [0.4, 0.5) is 4.79 Å². The Bertz CT molecular complexity index is 920. The minimum absolute atomic E-state index is 0.178. The minimum atomic E-state index is -0.989. The second-order valence-corrected chi connectivity index (χ2v) is 6.89. The molecule has 0 unspecified atom stereocenters. The van der Waals surface area contributed by atoms with Gasteiger partial charge in [-0.25, -0.2) is 4.79 Å². The van der Waals surface area contributed by atoms with Crippen LogP contribution in [-0.2, 0) is 14.3 Å². The monoisotopic (exact) mass is 391 g/mol. The number of carbonyl (C=O) groups excluding carboxylic acids is 3. The Balaban J connectivity index is 1.84. The van der Waals surface area contributed by atoms with E-state index in [1.54, 1.807) is 30.3 Å². The van der Waals surface area contributed by atoms with Crippen molar-refractivity contribution in [3.8, 4) is 11.3 Å². The van der Waals surface area contributed by atoms with E-state index in [2.05, 4.69) is 4.74 Å². The number of thioether (sulfide) groups is 1. The average Bonchev–Trinajstić information content (AvgIpc) is 3.19. The van der Waals surface area contributed by atoms with Gasteiger partial charge in [0.05, 0.1) is 12.0 Å². The zero-order chi connectivity index (χ0) is 18.8. The third-order valence-corrected chi connectivity index (χ3v) is 4.88. The number of nitrogens with zero attached hydrogens (tertiary/aromatic N) is 1. The molecule has 26 heavy (non-hydrogen) atoms. The molecule has 0 N–H and O–H groups in total. The van der Waals surface area contributed by atoms with E-state index in [-0.39, 0.29) is 4.91 Å². The lowest BCUT2D eigenvalue weighted by Gasteiger charge is -2.18. The molecule has 6 nitrogen and oxygen atoms in total. The van der Waals surface area contributed by atoms with E-state index in [1.807, 2.05) is 6.07 Å². The molecular weight excluding hydrogens is 378 g/mol. The Morgan fingerprint density at radius 2 is 2.08 bits per heavy atom. The van der Waals surface area contributed by atoms with E-state index in [0.717, 1.165) is 22.2 Å². The van der Waals surface area contributed by atoms with Crippen molar-refractivity contribution in [2.45, 2.75) is 13.0 Å². The molecule has 0 bridgehead atoms. The molecule has 1 aromatic carbocycles. The number of carbonyl (C=O) groups is 3. The third-order valence-electron chi connectivity index (χ3n) is 3.76. The highest BCUT2D eigenvalue weighted by Gasteiger charge is 2.41. The van der Waals surface area contributed by atoms with Crippen LogP contribution >= 0.6 is 23.4 Å². The summed E-state index contributed by atoms with van der Waals surface area (Å²) in [4.78, 5) is 37.2. The lowest BCUT2D eigenvalue weighted by Crippen LogP contribution is -2.42. The summed E-state index contributed by atoms with van der Waals surface area (Å²) < 4.78 is 10.3. The molecule has 1 aromatic heterocycles. The van der Waals surface area contributed by atoms with Gasteiger partial charge in [0.15, 0.2) is 0 Å². The lowest BCUT2D eigenvalue weighted by atomic mass is 10.2. The zero-order valence-electron chi connectivity index (χ0n) is 13.9. The molecule has 1 fully saturated rings. The molecule has 1 atom stereocenters. The summed E-state index contributed by atoms with van der Waals surface area (Å²) in [6, 6.07) is 9.62. The molecule has 2 amide bonds. The van der Waals surface area contributed by atoms with E-state index in [0.29, 0.717) is 16.5 Å². The number of rotatable bonds is 4. The van der Waals surface area contributed by atoms with Crippen LogP contribution in [0.2, 0.25) is 5.02 Å². The van der Waals surface area contributed by atoms with E-state index < -0.39 is 23.2 Å². The lowest BCUT2D eigenvalue weighted by molar-refractivity contribution is -0.148. The number of hydrogen-bond acceptors (Lipinski definition) is 6. The summed E-state index contributed by atoms with van der Waals surface area (Å²) in [5.41, 5.74) is 0.796. The number of imide groups is 1. The number of amides is 2. The summed E-state index contributed by atoms with van der Waals surface area (Å²) >= 11 is 6.73. The normalized spacial score (nSPS) is 17.0. The van der Waals surface area contributed by atoms with Gasteiger partial charge in [-0.3, -0.25) is 14.5 Å². The second-order valence-electron chi connectivity index (χ2n) is 5.46. The highest BCUT2D eigenvalue weighted by molar-refractivity contribution is 8.18. The topological polar surface area (TPSA) is 76.8 Å². The molecule has 1 aliphatic rings. The first-order valence-electron chi connectivity index (χ1n) is 7.61. The van der Waals surface area contributed by atoms with Crippen LogP contribution in [0.15, 0.2) is 45.7 Å². The average molecular weight is 392 g/mol. The Labute approximate surface area is 158 Å². The minimum Gasteiger partial charge on any atom is -0.467 e. The van der Waals surface area contributed by atoms with Gasteiger partial charge in [-0.05, 0) is 43.0 Å². The fraction of sp³-hybridized carbons (Fsp3) is 0.167. The predicted molar refractivity (Wildman–Crippen MR) is 98.4 cm³/mol. The van der Waals surface area contributed by atoms with Gasteiger partial charge < -0.3 is 9.15 Å². The maximum atomic E-state index is 12.5. The number of furan rings is 1. The van der Waals surface area contributed by atoms with Crippen LogP contribution in [-0.4, -0.2) is 35.2 Å². The van der Waals surface area contributed by atoms with E-state index in [1.165, 1.54) is 20.1 Å². The first-order chi connectivity index (χ1) is 12.4. The van der Waals surface area contributed by atoms with Crippen molar-refractivity contribution >= 4 is 46.6 Å². The molecule has 1 saturated heterocycles. The predicted octanol–water partition coefficient (Wildman–Crippen LogP) is 4.20. The molecule has 0 spiro atoms. The maximum absolute atomic E-state index is 12.5. The van der Waals surface area contributed by atoms with Gasteiger partial charge in [0.2, 0.25) is 0 Å². The van der Waals surface area contributed by atoms with Crippen molar-refractivity contribution < 1.29 is 23.5 Å². The number of halogens is 1. The molecular formula is C18H14ClNO5S. The van der Waals surface area contributed by atoms with Gasteiger partial charge in [-0.15, -0.1) is 0 Å². The second kappa shape index (κ2) is 7.39. The van der Waals surface area contributed by atoms with E-state index in [9.17, 15) is 14.4 Å². The fourth-order valence-corrected chi connectivity index (χ4v) is 3.52. The van der Waals surface area contributed by atoms with Gasteiger partial charge in [0.1, 0.15) is 17.6 Å². The van der Waals surface area contributed by atoms with Crippen LogP contribution in [0.5, 0.6) is 0 Å². The highest BCUT2D eigenvalue weighted by atomic mass is 35.5. The Morgan fingerprint density at radius 3 is 2.77 bits per heavy atom. The highest BCUT2D eigenvalue weighted by Crippen LogP contribution is 2.34. The number of esters is 1. The number of ether oxygens (including phenoxy) is 1. The molecule has 2 aromatic rings. The van der Waals surface area contributed by atoms with Crippen molar-refractivity contribution in [3.63, 3.8) is 0 Å². The number of hydrogen-bond donors (Lipinski definition) is 0. The summed E-state index contributed by atoms with van der Waals surface area (Å²) in [7, 11) is 1.20. The molecule has 3 rings (SSSR count). The Morgan fingerprint density at radius 1 is 1.31 bits per heavy atom. The maximum Gasteiger partial charge on any atom is 0.328 e. The van der Waals surface area contributed by atoms with Gasteiger partial charge >= 0.3 is 5.97 Å². The van der Waals surface area contributed by atoms with Crippen molar-refractivity contribution in [2.24, 2.45) is 0 Å². The third kappa shape index (κ3) is 3.54. The largest absolute Gasteiger partial charge is 0.467 e.